The Morgan fingerprint density at radius 1 is 1.33 bits per heavy atom. The molecule has 0 radical (unpaired) electrons. The number of hydrogen-bond donors (Lipinski definition) is 0. The Morgan fingerprint density at radius 2 is 2.11 bits per heavy atom. The van der Waals surface area contributed by atoms with Crippen LogP contribution in [0.4, 0.5) is 0 Å². The zero-order valence-electron chi connectivity index (χ0n) is 10.2. The highest BCUT2D eigenvalue weighted by Crippen LogP contribution is 2.37. The summed E-state index contributed by atoms with van der Waals surface area (Å²) in [5, 5.41) is 0. The molecule has 3 heteroatoms. The maximum absolute atomic E-state index is 12.3. The molecule has 0 saturated carbocycles. The average Bonchev–Trinajstić information content (AvgIpc) is 2.61. The second kappa shape index (κ2) is 5.53. The number of amides is 1. The van der Waals surface area contributed by atoms with Crippen LogP contribution in [0.15, 0.2) is 48.0 Å². The number of hydrogen-bond acceptors (Lipinski definition) is 1. The minimum Gasteiger partial charge on any atom is -0.331 e. The summed E-state index contributed by atoms with van der Waals surface area (Å²) < 4.78 is 1.01. The highest BCUT2D eigenvalue weighted by molar-refractivity contribution is 9.10. The SMILES string of the molecule is C=CCCN1C(=O)c2ccc(Br)cc2C1CC=C. The van der Waals surface area contributed by atoms with Gasteiger partial charge in [-0.25, -0.2) is 0 Å². The molecule has 0 N–H and O–H groups in total. The molecule has 1 heterocycles. The van der Waals surface area contributed by atoms with Crippen LogP contribution in [0.1, 0.15) is 34.8 Å². The number of carbonyl (C=O) groups is 1. The first-order chi connectivity index (χ1) is 8.69. The summed E-state index contributed by atoms with van der Waals surface area (Å²) in [6, 6.07) is 5.96. The molecule has 0 spiro atoms. The summed E-state index contributed by atoms with van der Waals surface area (Å²) in [7, 11) is 0. The molecule has 1 aliphatic heterocycles. The van der Waals surface area contributed by atoms with Crippen LogP contribution in [0, 0.1) is 0 Å². The molecule has 18 heavy (non-hydrogen) atoms. The quantitative estimate of drug-likeness (QED) is 0.750. The van der Waals surface area contributed by atoms with Crippen LogP contribution in [0.25, 0.3) is 0 Å². The van der Waals surface area contributed by atoms with Gasteiger partial charge in [-0.05, 0) is 36.6 Å². The lowest BCUT2D eigenvalue weighted by atomic mass is 10.0. The molecule has 0 aromatic heterocycles. The molecule has 0 fully saturated rings. The summed E-state index contributed by atoms with van der Waals surface area (Å²) in [4.78, 5) is 14.3. The average molecular weight is 306 g/mol. The van der Waals surface area contributed by atoms with E-state index in [9.17, 15) is 4.79 Å². The van der Waals surface area contributed by atoms with E-state index in [0.29, 0.717) is 6.54 Å². The van der Waals surface area contributed by atoms with E-state index >= 15 is 0 Å². The van der Waals surface area contributed by atoms with Gasteiger partial charge < -0.3 is 4.90 Å². The predicted molar refractivity (Wildman–Crippen MR) is 77.5 cm³/mol. The molecule has 1 atom stereocenters. The molecule has 2 rings (SSSR count). The topological polar surface area (TPSA) is 20.3 Å². The maximum Gasteiger partial charge on any atom is 0.254 e. The van der Waals surface area contributed by atoms with Crippen LogP contribution in [0.2, 0.25) is 0 Å². The second-order valence-electron chi connectivity index (χ2n) is 4.35. The maximum atomic E-state index is 12.3. The lowest BCUT2D eigenvalue weighted by Gasteiger charge is -2.24. The third kappa shape index (κ3) is 2.27. The van der Waals surface area contributed by atoms with Crippen molar-refractivity contribution in [3.8, 4) is 0 Å². The Hall–Kier alpha value is -1.35. The lowest BCUT2D eigenvalue weighted by molar-refractivity contribution is 0.0730. The van der Waals surface area contributed by atoms with Crippen molar-refractivity contribution in [3.05, 3.63) is 59.1 Å². The number of carbonyl (C=O) groups excluding carboxylic acids is 1. The van der Waals surface area contributed by atoms with Crippen molar-refractivity contribution >= 4 is 21.8 Å². The van der Waals surface area contributed by atoms with E-state index in [-0.39, 0.29) is 11.9 Å². The Bertz CT molecular complexity index is 495. The Morgan fingerprint density at radius 3 is 2.78 bits per heavy atom. The van der Waals surface area contributed by atoms with Crippen molar-refractivity contribution in [2.24, 2.45) is 0 Å². The Kier molecular flexibility index (Phi) is 4.02. The molecule has 1 aliphatic rings. The van der Waals surface area contributed by atoms with Gasteiger partial charge in [0.2, 0.25) is 0 Å². The van der Waals surface area contributed by atoms with E-state index in [2.05, 4.69) is 29.1 Å². The van der Waals surface area contributed by atoms with Gasteiger partial charge in [0.15, 0.2) is 0 Å². The van der Waals surface area contributed by atoms with E-state index in [0.717, 1.165) is 28.4 Å². The van der Waals surface area contributed by atoms with Crippen LogP contribution in [-0.2, 0) is 0 Å². The van der Waals surface area contributed by atoms with Gasteiger partial charge in [-0.1, -0.05) is 28.1 Å². The summed E-state index contributed by atoms with van der Waals surface area (Å²) in [5.74, 6) is 0.117. The lowest BCUT2D eigenvalue weighted by Crippen LogP contribution is -2.28. The molecule has 1 unspecified atom stereocenters. The van der Waals surface area contributed by atoms with Crippen molar-refractivity contribution in [3.63, 3.8) is 0 Å². The highest BCUT2D eigenvalue weighted by Gasteiger charge is 2.35. The standard InChI is InChI=1S/C15H16BrNO/c1-3-5-9-17-14(6-4-2)13-10-11(16)7-8-12(13)15(17)18/h3-4,7-8,10,14H,1-2,5-6,9H2. The van der Waals surface area contributed by atoms with Crippen molar-refractivity contribution in [2.75, 3.05) is 6.54 Å². The van der Waals surface area contributed by atoms with E-state index in [1.807, 2.05) is 35.3 Å². The molecule has 2 nitrogen and oxygen atoms in total. The largest absolute Gasteiger partial charge is 0.331 e. The Labute approximate surface area is 116 Å². The first-order valence-electron chi connectivity index (χ1n) is 6.01. The van der Waals surface area contributed by atoms with Crippen LogP contribution >= 0.6 is 15.9 Å². The third-order valence-corrected chi connectivity index (χ3v) is 3.70. The summed E-state index contributed by atoms with van der Waals surface area (Å²) >= 11 is 3.46. The number of rotatable bonds is 5. The summed E-state index contributed by atoms with van der Waals surface area (Å²) in [6.07, 6.45) is 5.31. The summed E-state index contributed by atoms with van der Waals surface area (Å²) in [6.45, 7) is 8.22. The smallest absolute Gasteiger partial charge is 0.254 e. The molecule has 0 aliphatic carbocycles. The fourth-order valence-electron chi connectivity index (χ4n) is 2.37. The van der Waals surface area contributed by atoms with Gasteiger partial charge in [0, 0.05) is 16.6 Å². The van der Waals surface area contributed by atoms with Crippen LogP contribution < -0.4 is 0 Å². The molecule has 0 saturated heterocycles. The Balaban J connectivity index is 2.38. The van der Waals surface area contributed by atoms with Crippen LogP contribution in [0.5, 0.6) is 0 Å². The second-order valence-corrected chi connectivity index (χ2v) is 5.26. The monoisotopic (exact) mass is 305 g/mol. The van der Waals surface area contributed by atoms with Crippen molar-refractivity contribution in [1.29, 1.82) is 0 Å². The van der Waals surface area contributed by atoms with E-state index < -0.39 is 0 Å². The first-order valence-corrected chi connectivity index (χ1v) is 6.80. The first kappa shape index (κ1) is 13.1. The summed E-state index contributed by atoms with van der Waals surface area (Å²) in [5.41, 5.74) is 1.91. The van der Waals surface area contributed by atoms with Crippen molar-refractivity contribution < 1.29 is 4.79 Å². The van der Waals surface area contributed by atoms with E-state index in [1.54, 1.807) is 0 Å². The number of benzene rings is 1. The van der Waals surface area contributed by atoms with Crippen LogP contribution in [-0.4, -0.2) is 17.4 Å². The number of fused-ring (bicyclic) bond motifs is 1. The fraction of sp³-hybridized carbons (Fsp3) is 0.267. The van der Waals surface area contributed by atoms with Gasteiger partial charge in [-0.3, -0.25) is 4.79 Å². The molecular formula is C15H16BrNO. The van der Waals surface area contributed by atoms with E-state index in [1.165, 1.54) is 0 Å². The normalized spacial score (nSPS) is 17.7. The fourth-order valence-corrected chi connectivity index (χ4v) is 2.75. The van der Waals surface area contributed by atoms with Gasteiger partial charge in [0.1, 0.15) is 0 Å². The molecule has 94 valence electrons. The molecular weight excluding hydrogens is 290 g/mol. The minimum absolute atomic E-state index is 0.113. The highest BCUT2D eigenvalue weighted by atomic mass is 79.9. The van der Waals surface area contributed by atoms with Gasteiger partial charge >= 0.3 is 0 Å². The van der Waals surface area contributed by atoms with Crippen LogP contribution in [0.3, 0.4) is 0 Å². The molecule has 1 aromatic rings. The van der Waals surface area contributed by atoms with E-state index in [4.69, 9.17) is 0 Å². The predicted octanol–water partition coefficient (Wildman–Crippen LogP) is 4.10. The molecule has 0 bridgehead atoms. The van der Waals surface area contributed by atoms with Crippen molar-refractivity contribution in [1.82, 2.24) is 4.90 Å². The zero-order valence-corrected chi connectivity index (χ0v) is 11.8. The molecule has 1 amide bonds. The molecule has 1 aromatic carbocycles. The zero-order chi connectivity index (χ0) is 13.1. The van der Waals surface area contributed by atoms with Gasteiger partial charge in [-0.15, -0.1) is 13.2 Å². The van der Waals surface area contributed by atoms with Crippen molar-refractivity contribution in [2.45, 2.75) is 18.9 Å². The third-order valence-electron chi connectivity index (χ3n) is 3.20. The minimum atomic E-state index is 0.113. The number of nitrogens with zero attached hydrogens (tertiary/aromatic N) is 1. The van der Waals surface area contributed by atoms with Gasteiger partial charge in [0.25, 0.3) is 5.91 Å². The van der Waals surface area contributed by atoms with Gasteiger partial charge in [-0.2, -0.15) is 0 Å². The number of halogens is 1. The van der Waals surface area contributed by atoms with Gasteiger partial charge in [0.05, 0.1) is 6.04 Å².